The molecule has 0 aliphatic carbocycles. The molecule has 1 aromatic rings. The van der Waals surface area contributed by atoms with Crippen molar-refractivity contribution in [3.63, 3.8) is 0 Å². The van der Waals surface area contributed by atoms with Crippen molar-refractivity contribution in [2.75, 3.05) is 13.2 Å². The van der Waals surface area contributed by atoms with E-state index in [-0.39, 0.29) is 11.5 Å². The molecule has 1 aliphatic heterocycles. The molecule has 0 spiro atoms. The van der Waals surface area contributed by atoms with E-state index in [0.29, 0.717) is 6.10 Å². The van der Waals surface area contributed by atoms with Crippen LogP contribution in [0.4, 0.5) is 0 Å². The third kappa shape index (κ3) is 3.11. The summed E-state index contributed by atoms with van der Waals surface area (Å²) in [6.07, 6.45) is 2.61. The molecule has 2 atom stereocenters. The Kier molecular flexibility index (Phi) is 4.41. The molecule has 1 N–H and O–H groups in total. The third-order valence-electron chi connectivity index (χ3n) is 3.32. The summed E-state index contributed by atoms with van der Waals surface area (Å²) in [6.45, 7) is 10.6. The van der Waals surface area contributed by atoms with E-state index < -0.39 is 0 Å². The van der Waals surface area contributed by atoms with Crippen LogP contribution in [0.2, 0.25) is 0 Å². The number of likely N-dealkylation sites (N-methyl/N-ethyl adjacent to an activating group) is 1. The molecule has 0 radical (unpaired) electrons. The zero-order chi connectivity index (χ0) is 13.2. The number of hydrogen-bond acceptors (Lipinski definition) is 4. The second kappa shape index (κ2) is 5.68. The van der Waals surface area contributed by atoms with Crippen molar-refractivity contribution in [2.45, 2.75) is 58.1 Å². The largest absolute Gasteiger partial charge is 0.376 e. The Bertz CT molecular complexity index is 377. The molecular formula is C14H24N2OS. The van der Waals surface area contributed by atoms with Gasteiger partial charge in [0.1, 0.15) is 5.01 Å². The molecule has 1 fully saturated rings. The summed E-state index contributed by atoms with van der Waals surface area (Å²) in [7, 11) is 0. The van der Waals surface area contributed by atoms with Gasteiger partial charge in [-0.2, -0.15) is 0 Å². The van der Waals surface area contributed by atoms with E-state index in [1.165, 1.54) is 17.1 Å². The van der Waals surface area contributed by atoms with Crippen molar-refractivity contribution in [3.8, 4) is 0 Å². The van der Waals surface area contributed by atoms with Gasteiger partial charge in [-0.05, 0) is 19.4 Å². The van der Waals surface area contributed by atoms with Gasteiger partial charge < -0.3 is 10.1 Å². The van der Waals surface area contributed by atoms with Gasteiger partial charge in [-0.15, -0.1) is 11.3 Å². The molecule has 0 aromatic carbocycles. The SMILES string of the molecule is CCNC(c1nc(C(C)(C)C)cs1)C1CCCO1. The van der Waals surface area contributed by atoms with Crippen molar-refractivity contribution < 1.29 is 4.74 Å². The molecule has 4 heteroatoms. The maximum atomic E-state index is 5.82. The zero-order valence-corrected chi connectivity index (χ0v) is 12.6. The van der Waals surface area contributed by atoms with E-state index in [9.17, 15) is 0 Å². The second-order valence-corrected chi connectivity index (χ2v) is 6.80. The predicted molar refractivity (Wildman–Crippen MR) is 76.2 cm³/mol. The van der Waals surface area contributed by atoms with Gasteiger partial charge >= 0.3 is 0 Å². The van der Waals surface area contributed by atoms with E-state index in [1.807, 2.05) is 0 Å². The minimum absolute atomic E-state index is 0.127. The van der Waals surface area contributed by atoms with Gasteiger partial charge in [0.2, 0.25) is 0 Å². The van der Waals surface area contributed by atoms with Crippen LogP contribution in [0.3, 0.4) is 0 Å². The second-order valence-electron chi connectivity index (χ2n) is 5.91. The molecule has 18 heavy (non-hydrogen) atoms. The minimum atomic E-state index is 0.127. The third-order valence-corrected chi connectivity index (χ3v) is 4.24. The first-order valence-corrected chi connectivity index (χ1v) is 7.71. The van der Waals surface area contributed by atoms with Crippen LogP contribution in [0.5, 0.6) is 0 Å². The maximum absolute atomic E-state index is 5.82. The molecule has 1 aliphatic rings. The molecule has 0 amide bonds. The molecule has 0 saturated carbocycles. The quantitative estimate of drug-likeness (QED) is 0.910. The molecule has 3 nitrogen and oxygen atoms in total. The summed E-state index contributed by atoms with van der Waals surface area (Å²) >= 11 is 1.76. The first-order valence-electron chi connectivity index (χ1n) is 6.83. The smallest absolute Gasteiger partial charge is 0.113 e. The fraction of sp³-hybridized carbons (Fsp3) is 0.786. The highest BCUT2D eigenvalue weighted by atomic mass is 32.1. The summed E-state index contributed by atoms with van der Waals surface area (Å²) in [5.74, 6) is 0. The molecule has 2 rings (SSSR count). The predicted octanol–water partition coefficient (Wildman–Crippen LogP) is 3.27. The van der Waals surface area contributed by atoms with E-state index in [1.54, 1.807) is 11.3 Å². The highest BCUT2D eigenvalue weighted by molar-refractivity contribution is 7.09. The van der Waals surface area contributed by atoms with Gasteiger partial charge in [0.25, 0.3) is 0 Å². The standard InChI is InChI=1S/C14H24N2OS/c1-5-15-12(10-7-6-8-17-10)13-16-11(9-18-13)14(2,3)4/h9-10,12,15H,5-8H2,1-4H3. The van der Waals surface area contributed by atoms with Crippen LogP contribution in [-0.2, 0) is 10.2 Å². The molecule has 0 bridgehead atoms. The van der Waals surface area contributed by atoms with Crippen LogP contribution in [-0.4, -0.2) is 24.2 Å². The van der Waals surface area contributed by atoms with Crippen LogP contribution < -0.4 is 5.32 Å². The van der Waals surface area contributed by atoms with Crippen molar-refractivity contribution in [1.82, 2.24) is 10.3 Å². The van der Waals surface area contributed by atoms with Gasteiger partial charge in [-0.3, -0.25) is 0 Å². The average molecular weight is 268 g/mol. The van der Waals surface area contributed by atoms with E-state index in [2.05, 4.69) is 38.4 Å². The molecule has 2 unspecified atom stereocenters. The van der Waals surface area contributed by atoms with Crippen molar-refractivity contribution in [1.29, 1.82) is 0 Å². The van der Waals surface area contributed by atoms with Gasteiger partial charge in [-0.1, -0.05) is 27.7 Å². The van der Waals surface area contributed by atoms with Crippen molar-refractivity contribution >= 4 is 11.3 Å². The first kappa shape index (κ1) is 14.0. The van der Waals surface area contributed by atoms with Gasteiger partial charge in [0.05, 0.1) is 17.8 Å². The number of ether oxygens (including phenoxy) is 1. The van der Waals surface area contributed by atoms with Crippen LogP contribution in [0.1, 0.15) is 57.3 Å². The summed E-state index contributed by atoms with van der Waals surface area (Å²) in [6, 6.07) is 0.263. The monoisotopic (exact) mass is 268 g/mol. The molecule has 2 heterocycles. The lowest BCUT2D eigenvalue weighted by molar-refractivity contribution is 0.0786. The van der Waals surface area contributed by atoms with Gasteiger partial charge in [0.15, 0.2) is 0 Å². The number of hydrogen-bond donors (Lipinski definition) is 1. The lowest BCUT2D eigenvalue weighted by atomic mass is 9.93. The van der Waals surface area contributed by atoms with Crippen LogP contribution in [0.25, 0.3) is 0 Å². The normalized spacial score (nSPS) is 22.3. The summed E-state index contributed by atoms with van der Waals surface area (Å²) in [5, 5.41) is 6.89. The highest BCUT2D eigenvalue weighted by Gasteiger charge is 2.30. The van der Waals surface area contributed by atoms with Crippen LogP contribution in [0.15, 0.2) is 5.38 Å². The fourth-order valence-corrected chi connectivity index (χ4v) is 3.41. The van der Waals surface area contributed by atoms with Crippen molar-refractivity contribution in [2.24, 2.45) is 0 Å². The van der Waals surface area contributed by atoms with E-state index in [4.69, 9.17) is 9.72 Å². The number of rotatable bonds is 4. The number of thiazole rings is 1. The number of aromatic nitrogens is 1. The Morgan fingerprint density at radius 1 is 1.56 bits per heavy atom. The molecule has 1 aromatic heterocycles. The fourth-order valence-electron chi connectivity index (χ4n) is 2.24. The maximum Gasteiger partial charge on any atom is 0.113 e. The van der Waals surface area contributed by atoms with E-state index in [0.717, 1.165) is 19.6 Å². The molecule has 102 valence electrons. The van der Waals surface area contributed by atoms with Gasteiger partial charge in [-0.25, -0.2) is 4.98 Å². The van der Waals surface area contributed by atoms with Crippen LogP contribution in [0, 0.1) is 0 Å². The van der Waals surface area contributed by atoms with Crippen LogP contribution >= 0.6 is 11.3 Å². The van der Waals surface area contributed by atoms with Crippen molar-refractivity contribution in [3.05, 3.63) is 16.1 Å². The minimum Gasteiger partial charge on any atom is -0.376 e. The van der Waals surface area contributed by atoms with E-state index >= 15 is 0 Å². The Morgan fingerprint density at radius 3 is 2.83 bits per heavy atom. The molecule has 1 saturated heterocycles. The first-order chi connectivity index (χ1) is 8.52. The summed E-state index contributed by atoms with van der Waals surface area (Å²) in [5.41, 5.74) is 1.31. The number of nitrogens with one attached hydrogen (secondary N) is 1. The Morgan fingerprint density at radius 2 is 2.33 bits per heavy atom. The molecular weight excluding hydrogens is 244 g/mol. The lowest BCUT2D eigenvalue weighted by Crippen LogP contribution is -2.31. The summed E-state index contributed by atoms with van der Waals surface area (Å²) < 4.78 is 5.82. The Balaban J connectivity index is 2.17. The summed E-state index contributed by atoms with van der Waals surface area (Å²) in [4.78, 5) is 4.82. The average Bonchev–Trinajstić information content (AvgIpc) is 2.96. The highest BCUT2D eigenvalue weighted by Crippen LogP contribution is 2.31. The Hall–Kier alpha value is -0.450. The lowest BCUT2D eigenvalue weighted by Gasteiger charge is -2.22. The number of nitrogens with zero attached hydrogens (tertiary/aromatic N) is 1. The van der Waals surface area contributed by atoms with Gasteiger partial charge in [0, 0.05) is 17.4 Å². The topological polar surface area (TPSA) is 34.2 Å². The Labute approximate surface area is 114 Å². The zero-order valence-electron chi connectivity index (χ0n) is 11.8.